The Balaban J connectivity index is 2.71. The smallest absolute Gasteiger partial charge is 0.144 e. The number of nitrogens with one attached hydrogen (secondary N) is 1. The SMILES string of the molecule is Cc1nccc(NN(C)C)n1. The normalized spacial score (nSPS) is 10.2. The second-order valence-electron chi connectivity index (χ2n) is 2.50. The van der Waals surface area contributed by atoms with Gasteiger partial charge in [0, 0.05) is 26.4 Å². The summed E-state index contributed by atoms with van der Waals surface area (Å²) in [7, 11) is 3.83. The van der Waals surface area contributed by atoms with Gasteiger partial charge in [-0.15, -0.1) is 0 Å². The number of anilines is 1. The molecule has 0 aromatic carbocycles. The maximum absolute atomic E-state index is 4.15. The van der Waals surface area contributed by atoms with Crippen molar-refractivity contribution in [2.24, 2.45) is 0 Å². The van der Waals surface area contributed by atoms with Gasteiger partial charge in [0.05, 0.1) is 0 Å². The highest BCUT2D eigenvalue weighted by Crippen LogP contribution is 2.00. The number of aryl methyl sites for hydroxylation is 1. The number of hydrogen-bond acceptors (Lipinski definition) is 4. The second-order valence-corrected chi connectivity index (χ2v) is 2.50. The van der Waals surface area contributed by atoms with E-state index < -0.39 is 0 Å². The molecule has 0 aliphatic heterocycles. The molecule has 1 aromatic heterocycles. The summed E-state index contributed by atoms with van der Waals surface area (Å²) < 4.78 is 0. The first-order valence-electron chi connectivity index (χ1n) is 3.42. The van der Waals surface area contributed by atoms with Crippen LogP contribution in [0.3, 0.4) is 0 Å². The van der Waals surface area contributed by atoms with Crippen LogP contribution in [0.2, 0.25) is 0 Å². The van der Waals surface area contributed by atoms with Crippen LogP contribution >= 0.6 is 0 Å². The zero-order chi connectivity index (χ0) is 8.27. The van der Waals surface area contributed by atoms with Crippen molar-refractivity contribution in [1.82, 2.24) is 15.0 Å². The average Bonchev–Trinajstić information content (AvgIpc) is 1.85. The van der Waals surface area contributed by atoms with E-state index in [1.807, 2.05) is 32.1 Å². The summed E-state index contributed by atoms with van der Waals surface area (Å²) in [5, 5.41) is 1.84. The molecule has 11 heavy (non-hydrogen) atoms. The zero-order valence-corrected chi connectivity index (χ0v) is 7.00. The second kappa shape index (κ2) is 3.30. The van der Waals surface area contributed by atoms with Gasteiger partial charge in [-0.05, 0) is 6.92 Å². The highest BCUT2D eigenvalue weighted by molar-refractivity contribution is 5.30. The molecule has 1 rings (SSSR count). The zero-order valence-electron chi connectivity index (χ0n) is 7.00. The number of rotatable bonds is 2. The van der Waals surface area contributed by atoms with Crippen LogP contribution in [0.15, 0.2) is 12.3 Å². The molecular formula is C7H12N4. The third-order valence-electron chi connectivity index (χ3n) is 1.11. The fraction of sp³-hybridized carbons (Fsp3) is 0.429. The molecule has 4 heteroatoms. The molecule has 0 saturated heterocycles. The monoisotopic (exact) mass is 152 g/mol. The van der Waals surface area contributed by atoms with Gasteiger partial charge in [-0.1, -0.05) is 0 Å². The van der Waals surface area contributed by atoms with E-state index >= 15 is 0 Å². The quantitative estimate of drug-likeness (QED) is 0.632. The van der Waals surface area contributed by atoms with Crippen LogP contribution in [0.25, 0.3) is 0 Å². The molecule has 0 saturated carbocycles. The van der Waals surface area contributed by atoms with Crippen molar-refractivity contribution in [3.63, 3.8) is 0 Å². The molecule has 0 atom stereocenters. The van der Waals surface area contributed by atoms with Crippen molar-refractivity contribution < 1.29 is 0 Å². The number of aromatic nitrogens is 2. The Morgan fingerprint density at radius 1 is 1.45 bits per heavy atom. The van der Waals surface area contributed by atoms with Gasteiger partial charge in [-0.2, -0.15) is 0 Å². The Morgan fingerprint density at radius 3 is 2.73 bits per heavy atom. The van der Waals surface area contributed by atoms with Crippen LogP contribution in [0.5, 0.6) is 0 Å². The summed E-state index contributed by atoms with van der Waals surface area (Å²) in [6.45, 7) is 1.86. The van der Waals surface area contributed by atoms with E-state index in [-0.39, 0.29) is 0 Å². The first kappa shape index (κ1) is 7.94. The molecule has 0 amide bonds. The largest absolute Gasteiger partial charge is 0.304 e. The Morgan fingerprint density at radius 2 is 2.18 bits per heavy atom. The summed E-state index contributed by atoms with van der Waals surface area (Å²) >= 11 is 0. The van der Waals surface area contributed by atoms with Gasteiger partial charge in [0.15, 0.2) is 0 Å². The molecule has 4 nitrogen and oxygen atoms in total. The predicted octanol–water partition coefficient (Wildman–Crippen LogP) is 0.674. The van der Waals surface area contributed by atoms with Crippen LogP contribution in [0.4, 0.5) is 5.82 Å². The fourth-order valence-electron chi connectivity index (χ4n) is 0.748. The topological polar surface area (TPSA) is 41.1 Å². The average molecular weight is 152 g/mol. The van der Waals surface area contributed by atoms with Crippen LogP contribution in [-0.2, 0) is 0 Å². The fourth-order valence-corrected chi connectivity index (χ4v) is 0.748. The van der Waals surface area contributed by atoms with Crippen molar-refractivity contribution in [3.8, 4) is 0 Å². The standard InChI is InChI=1S/C7H12N4/c1-6-8-5-4-7(9-6)10-11(2)3/h4-5H,1-3H3,(H,8,9,10). The van der Waals surface area contributed by atoms with Crippen LogP contribution in [0, 0.1) is 6.92 Å². The lowest BCUT2D eigenvalue weighted by atomic mass is 10.5. The lowest BCUT2D eigenvalue weighted by Crippen LogP contribution is -2.20. The maximum Gasteiger partial charge on any atom is 0.144 e. The van der Waals surface area contributed by atoms with Gasteiger partial charge in [0.25, 0.3) is 0 Å². The number of nitrogens with zero attached hydrogens (tertiary/aromatic N) is 3. The minimum atomic E-state index is 0.775. The molecule has 0 radical (unpaired) electrons. The highest BCUT2D eigenvalue weighted by Gasteiger charge is 1.93. The van der Waals surface area contributed by atoms with E-state index in [2.05, 4.69) is 15.4 Å². The van der Waals surface area contributed by atoms with Gasteiger partial charge in [-0.25, -0.2) is 15.0 Å². The van der Waals surface area contributed by atoms with Crippen LogP contribution in [-0.4, -0.2) is 29.1 Å². The predicted molar refractivity (Wildman–Crippen MR) is 44.1 cm³/mol. The van der Waals surface area contributed by atoms with E-state index in [4.69, 9.17) is 0 Å². The maximum atomic E-state index is 4.15. The molecule has 1 heterocycles. The minimum absolute atomic E-state index is 0.775. The summed E-state index contributed by atoms with van der Waals surface area (Å²) in [6.07, 6.45) is 1.73. The Labute approximate surface area is 66.2 Å². The third kappa shape index (κ3) is 2.51. The summed E-state index contributed by atoms with van der Waals surface area (Å²) in [5.74, 6) is 1.60. The van der Waals surface area contributed by atoms with E-state index in [0.29, 0.717) is 0 Å². The molecule has 0 bridgehead atoms. The molecule has 0 unspecified atom stereocenters. The van der Waals surface area contributed by atoms with E-state index in [1.165, 1.54) is 0 Å². The lowest BCUT2D eigenvalue weighted by Gasteiger charge is -2.11. The van der Waals surface area contributed by atoms with E-state index in [0.717, 1.165) is 11.6 Å². The number of hydrogen-bond donors (Lipinski definition) is 1. The van der Waals surface area contributed by atoms with Crippen molar-refractivity contribution in [3.05, 3.63) is 18.1 Å². The van der Waals surface area contributed by atoms with Crippen molar-refractivity contribution in [2.45, 2.75) is 6.92 Å². The Kier molecular flexibility index (Phi) is 2.38. The summed E-state index contributed by atoms with van der Waals surface area (Å²) in [6, 6.07) is 1.83. The lowest BCUT2D eigenvalue weighted by molar-refractivity contribution is 0.492. The van der Waals surface area contributed by atoms with Crippen LogP contribution in [0.1, 0.15) is 5.82 Å². The molecular weight excluding hydrogens is 140 g/mol. The Hall–Kier alpha value is -1.16. The van der Waals surface area contributed by atoms with Gasteiger partial charge in [0.2, 0.25) is 0 Å². The van der Waals surface area contributed by atoms with Gasteiger partial charge < -0.3 is 5.43 Å². The summed E-state index contributed by atoms with van der Waals surface area (Å²) in [4.78, 5) is 8.13. The van der Waals surface area contributed by atoms with Crippen molar-refractivity contribution in [2.75, 3.05) is 19.5 Å². The van der Waals surface area contributed by atoms with Gasteiger partial charge in [-0.3, -0.25) is 0 Å². The van der Waals surface area contributed by atoms with Crippen LogP contribution < -0.4 is 5.43 Å². The first-order valence-corrected chi connectivity index (χ1v) is 3.42. The first-order chi connectivity index (χ1) is 5.18. The molecule has 60 valence electrons. The molecule has 1 N–H and O–H groups in total. The molecule has 0 aliphatic rings. The van der Waals surface area contributed by atoms with Gasteiger partial charge in [0.1, 0.15) is 11.6 Å². The third-order valence-corrected chi connectivity index (χ3v) is 1.11. The number of hydrazine groups is 1. The molecule has 1 aromatic rings. The van der Waals surface area contributed by atoms with Gasteiger partial charge >= 0.3 is 0 Å². The molecule has 0 aliphatic carbocycles. The van der Waals surface area contributed by atoms with Crippen molar-refractivity contribution in [1.29, 1.82) is 0 Å². The van der Waals surface area contributed by atoms with E-state index in [1.54, 1.807) is 6.20 Å². The van der Waals surface area contributed by atoms with E-state index in [9.17, 15) is 0 Å². The minimum Gasteiger partial charge on any atom is -0.304 e. The Bertz CT molecular complexity index is 234. The summed E-state index contributed by atoms with van der Waals surface area (Å²) in [5.41, 5.74) is 3.03. The molecule has 0 spiro atoms. The highest BCUT2D eigenvalue weighted by atomic mass is 15.5. The molecule has 0 fully saturated rings. The van der Waals surface area contributed by atoms with Crippen molar-refractivity contribution >= 4 is 5.82 Å².